The maximum Gasteiger partial charge on any atom is 0.241 e. The summed E-state index contributed by atoms with van der Waals surface area (Å²) in [5, 5.41) is 0. The Morgan fingerprint density at radius 1 is 0.395 bits per heavy atom. The Kier molecular flexibility index (Phi) is 9.45. The SMILES string of the molecule is CC(=O)c1ccc(B(c2ccc(C(C)=O)cc2)c2ccc(C(C)=O)cc2)cc1.CC(=O)c1ccc(C)cc1. The van der Waals surface area contributed by atoms with E-state index in [-0.39, 0.29) is 29.8 Å². The molecular weight excluding hydrogens is 471 g/mol. The van der Waals surface area contributed by atoms with Gasteiger partial charge >= 0.3 is 0 Å². The number of aryl methyl sites for hydroxylation is 1. The van der Waals surface area contributed by atoms with Gasteiger partial charge in [-0.15, -0.1) is 0 Å². The van der Waals surface area contributed by atoms with Crippen molar-refractivity contribution in [2.24, 2.45) is 0 Å². The normalized spacial score (nSPS) is 10.1. The molecule has 4 rings (SSSR count). The van der Waals surface area contributed by atoms with Crippen molar-refractivity contribution in [2.75, 3.05) is 0 Å². The van der Waals surface area contributed by atoms with Gasteiger partial charge in [0.25, 0.3) is 0 Å². The van der Waals surface area contributed by atoms with Gasteiger partial charge in [-0.2, -0.15) is 0 Å². The Morgan fingerprint density at radius 3 is 0.816 bits per heavy atom. The number of hydrogen-bond acceptors (Lipinski definition) is 4. The number of ketones is 4. The van der Waals surface area contributed by atoms with Crippen molar-refractivity contribution in [3.8, 4) is 0 Å². The molecule has 4 nitrogen and oxygen atoms in total. The lowest BCUT2D eigenvalue weighted by Crippen LogP contribution is -2.52. The summed E-state index contributed by atoms with van der Waals surface area (Å²) in [5.74, 6) is 0.208. The average Bonchev–Trinajstić information content (AvgIpc) is 2.90. The molecule has 0 bridgehead atoms. The van der Waals surface area contributed by atoms with Crippen molar-refractivity contribution in [3.63, 3.8) is 0 Å². The van der Waals surface area contributed by atoms with E-state index in [2.05, 4.69) is 0 Å². The maximum atomic E-state index is 11.6. The third kappa shape index (κ3) is 7.33. The fourth-order valence-corrected chi connectivity index (χ4v) is 4.10. The van der Waals surface area contributed by atoms with Crippen LogP contribution in [-0.2, 0) is 0 Å². The van der Waals surface area contributed by atoms with Gasteiger partial charge in [-0.3, -0.25) is 19.2 Å². The van der Waals surface area contributed by atoms with Gasteiger partial charge in [-0.05, 0) is 34.6 Å². The third-order valence-corrected chi connectivity index (χ3v) is 6.41. The second-order valence-electron chi connectivity index (χ2n) is 9.39. The lowest BCUT2D eigenvalue weighted by Gasteiger charge is -2.16. The molecule has 0 amide bonds. The fraction of sp³-hybridized carbons (Fsp3) is 0.152. The molecule has 0 spiro atoms. The highest BCUT2D eigenvalue weighted by molar-refractivity contribution is 6.95. The lowest BCUT2D eigenvalue weighted by molar-refractivity contribution is 0.100. The number of carbonyl (C=O) groups excluding carboxylic acids is 4. The van der Waals surface area contributed by atoms with Crippen LogP contribution < -0.4 is 16.4 Å². The molecule has 0 aliphatic rings. The van der Waals surface area contributed by atoms with Crippen molar-refractivity contribution in [2.45, 2.75) is 34.6 Å². The Balaban J connectivity index is 0.000000336. The Hall–Kier alpha value is -4.38. The van der Waals surface area contributed by atoms with Gasteiger partial charge in [-0.25, -0.2) is 0 Å². The van der Waals surface area contributed by atoms with E-state index in [1.54, 1.807) is 27.7 Å². The molecule has 0 aliphatic carbocycles. The Bertz CT molecular complexity index is 1300. The zero-order chi connectivity index (χ0) is 27.8. The van der Waals surface area contributed by atoms with Crippen LogP contribution in [-0.4, -0.2) is 29.8 Å². The predicted molar refractivity (Wildman–Crippen MR) is 155 cm³/mol. The summed E-state index contributed by atoms with van der Waals surface area (Å²) >= 11 is 0. The van der Waals surface area contributed by atoms with Gasteiger partial charge in [0.05, 0.1) is 0 Å². The second-order valence-corrected chi connectivity index (χ2v) is 9.39. The van der Waals surface area contributed by atoms with Crippen molar-refractivity contribution in [3.05, 3.63) is 125 Å². The zero-order valence-corrected chi connectivity index (χ0v) is 22.4. The van der Waals surface area contributed by atoms with Crippen LogP contribution in [0.5, 0.6) is 0 Å². The van der Waals surface area contributed by atoms with Crippen LogP contribution in [0.3, 0.4) is 0 Å². The van der Waals surface area contributed by atoms with E-state index in [4.69, 9.17) is 0 Å². The minimum Gasteiger partial charge on any atom is -0.295 e. The third-order valence-electron chi connectivity index (χ3n) is 6.41. The summed E-state index contributed by atoms with van der Waals surface area (Å²) in [4.78, 5) is 45.6. The number of hydrogen-bond donors (Lipinski definition) is 0. The van der Waals surface area contributed by atoms with Gasteiger partial charge in [-0.1, -0.05) is 119 Å². The van der Waals surface area contributed by atoms with Crippen molar-refractivity contribution in [1.29, 1.82) is 0 Å². The molecular formula is C33H31BO4. The standard InChI is InChI=1S/C24H21BO3.C9H10O/c1-16(26)19-4-10-22(11-5-19)25(23-12-6-20(7-13-23)17(2)27)24-14-8-21(9-15-24)18(3)28;1-7-3-5-9(6-4-7)8(2)10/h4-15H,1-3H3;3-6H,1-2H3. The van der Waals surface area contributed by atoms with E-state index in [9.17, 15) is 19.2 Å². The van der Waals surface area contributed by atoms with Gasteiger partial charge in [0.1, 0.15) is 0 Å². The molecule has 0 saturated heterocycles. The molecule has 4 aromatic carbocycles. The first kappa shape index (κ1) is 28.2. The molecule has 0 fully saturated rings. The molecule has 0 radical (unpaired) electrons. The Morgan fingerprint density at radius 2 is 0.605 bits per heavy atom. The summed E-state index contributed by atoms with van der Waals surface area (Å²) in [6.07, 6.45) is 0. The van der Waals surface area contributed by atoms with Crippen molar-refractivity contribution >= 4 is 46.2 Å². The summed E-state index contributed by atoms with van der Waals surface area (Å²) < 4.78 is 0. The first-order valence-electron chi connectivity index (χ1n) is 12.5. The predicted octanol–water partition coefficient (Wildman–Crippen LogP) is 5.01. The van der Waals surface area contributed by atoms with Crippen molar-refractivity contribution < 1.29 is 19.2 Å². The van der Waals surface area contributed by atoms with E-state index in [0.29, 0.717) is 16.7 Å². The Labute approximate surface area is 224 Å². The molecule has 4 aromatic rings. The van der Waals surface area contributed by atoms with Crippen LogP contribution in [0.4, 0.5) is 0 Å². The molecule has 38 heavy (non-hydrogen) atoms. The van der Waals surface area contributed by atoms with Crippen molar-refractivity contribution in [1.82, 2.24) is 0 Å². The molecule has 0 N–H and O–H groups in total. The van der Waals surface area contributed by atoms with E-state index in [0.717, 1.165) is 22.0 Å². The number of Topliss-reactive ketones (excluding diaryl/α,β-unsaturated/α-hetero) is 4. The molecule has 0 heterocycles. The number of carbonyl (C=O) groups is 4. The van der Waals surface area contributed by atoms with E-state index in [1.807, 2.05) is 104 Å². The highest BCUT2D eigenvalue weighted by Crippen LogP contribution is 2.05. The van der Waals surface area contributed by atoms with Gasteiger partial charge in [0, 0.05) is 22.3 Å². The topological polar surface area (TPSA) is 68.3 Å². The molecule has 190 valence electrons. The average molecular weight is 502 g/mol. The maximum absolute atomic E-state index is 11.6. The molecule has 0 aromatic heterocycles. The van der Waals surface area contributed by atoms with Gasteiger partial charge in [0.15, 0.2) is 23.1 Å². The second kappa shape index (κ2) is 12.7. The summed E-state index contributed by atoms with van der Waals surface area (Å²) in [6, 6.07) is 30.3. The molecule has 0 saturated carbocycles. The van der Waals surface area contributed by atoms with Gasteiger partial charge in [0.2, 0.25) is 6.71 Å². The monoisotopic (exact) mass is 502 g/mol. The number of benzene rings is 4. The summed E-state index contributed by atoms with van der Waals surface area (Å²) in [5.41, 5.74) is 7.09. The minimum atomic E-state index is -0.0666. The molecule has 0 atom stereocenters. The highest BCUT2D eigenvalue weighted by atomic mass is 16.1. The smallest absolute Gasteiger partial charge is 0.241 e. The lowest BCUT2D eigenvalue weighted by atomic mass is 9.37. The molecule has 0 aliphatic heterocycles. The quantitative estimate of drug-likeness (QED) is 0.263. The van der Waals surface area contributed by atoms with E-state index in [1.165, 1.54) is 5.56 Å². The first-order chi connectivity index (χ1) is 18.1. The molecule has 5 heteroatoms. The van der Waals surface area contributed by atoms with Crippen LogP contribution in [0.2, 0.25) is 0 Å². The zero-order valence-electron chi connectivity index (χ0n) is 22.4. The van der Waals surface area contributed by atoms with E-state index >= 15 is 0 Å². The molecule has 0 unspecified atom stereocenters. The van der Waals surface area contributed by atoms with Crippen LogP contribution >= 0.6 is 0 Å². The number of rotatable bonds is 7. The minimum absolute atomic E-state index is 0.0275. The highest BCUT2D eigenvalue weighted by Gasteiger charge is 2.22. The van der Waals surface area contributed by atoms with E-state index < -0.39 is 0 Å². The van der Waals surface area contributed by atoms with Crippen LogP contribution in [0, 0.1) is 6.92 Å². The largest absolute Gasteiger partial charge is 0.295 e. The van der Waals surface area contributed by atoms with Crippen LogP contribution in [0.15, 0.2) is 97.1 Å². The van der Waals surface area contributed by atoms with Gasteiger partial charge < -0.3 is 0 Å². The summed E-state index contributed by atoms with van der Waals surface area (Å²) in [7, 11) is 0. The first-order valence-corrected chi connectivity index (χ1v) is 12.5. The van der Waals surface area contributed by atoms with Crippen LogP contribution in [0.25, 0.3) is 0 Å². The van der Waals surface area contributed by atoms with Crippen LogP contribution in [0.1, 0.15) is 74.7 Å². The summed E-state index contributed by atoms with van der Waals surface area (Å²) in [6.45, 7) is 8.16. The fourth-order valence-electron chi connectivity index (χ4n) is 4.10.